The molecule has 0 aliphatic carbocycles. The Balaban J connectivity index is 1.41. The van der Waals surface area contributed by atoms with Gasteiger partial charge in [-0.1, -0.05) is 60.7 Å². The van der Waals surface area contributed by atoms with E-state index in [1.54, 1.807) is 24.4 Å². The SMILES string of the molecule is COC(=O)c1cccc(Cn2cc(C=NNC(=O)c3c(O)ccc4ccccc34)c3ccccc32)c1. The van der Waals surface area contributed by atoms with Crippen molar-refractivity contribution in [1.82, 2.24) is 9.99 Å². The van der Waals surface area contributed by atoms with Crippen LogP contribution in [0.3, 0.4) is 0 Å². The average Bonchev–Trinajstić information content (AvgIpc) is 3.25. The van der Waals surface area contributed by atoms with Gasteiger partial charge >= 0.3 is 5.97 Å². The van der Waals surface area contributed by atoms with E-state index in [1.165, 1.54) is 13.2 Å². The third-order valence-electron chi connectivity index (χ3n) is 6.02. The molecule has 0 fully saturated rings. The molecule has 7 heteroatoms. The van der Waals surface area contributed by atoms with Gasteiger partial charge < -0.3 is 14.4 Å². The fraction of sp³-hybridized carbons (Fsp3) is 0.0690. The molecule has 0 aliphatic heterocycles. The third kappa shape index (κ3) is 4.42. The summed E-state index contributed by atoms with van der Waals surface area (Å²) in [6.07, 6.45) is 3.53. The lowest BCUT2D eigenvalue weighted by atomic mass is 10.0. The highest BCUT2D eigenvalue weighted by Crippen LogP contribution is 2.27. The Bertz CT molecular complexity index is 1630. The number of ether oxygens (including phenoxy) is 1. The van der Waals surface area contributed by atoms with Crippen LogP contribution in [0.4, 0.5) is 0 Å². The number of carbonyl (C=O) groups is 2. The summed E-state index contributed by atoms with van der Waals surface area (Å²) in [5, 5.41) is 16.9. The highest BCUT2D eigenvalue weighted by atomic mass is 16.5. The Morgan fingerprint density at radius 2 is 1.75 bits per heavy atom. The molecule has 2 N–H and O–H groups in total. The summed E-state index contributed by atoms with van der Waals surface area (Å²) in [6, 6.07) is 25.8. The number of phenolic OH excluding ortho intramolecular Hbond substituents is 1. The van der Waals surface area contributed by atoms with E-state index in [4.69, 9.17) is 4.74 Å². The summed E-state index contributed by atoms with van der Waals surface area (Å²) in [5.74, 6) is -0.980. The number of methoxy groups -OCH3 is 1. The summed E-state index contributed by atoms with van der Waals surface area (Å²) < 4.78 is 6.89. The van der Waals surface area contributed by atoms with Crippen LogP contribution in [0.25, 0.3) is 21.7 Å². The number of nitrogens with zero attached hydrogens (tertiary/aromatic N) is 2. The van der Waals surface area contributed by atoms with E-state index in [-0.39, 0.29) is 17.3 Å². The van der Waals surface area contributed by atoms with Gasteiger partial charge in [0.25, 0.3) is 5.91 Å². The van der Waals surface area contributed by atoms with Gasteiger partial charge in [-0.2, -0.15) is 5.10 Å². The van der Waals surface area contributed by atoms with E-state index in [0.29, 0.717) is 17.5 Å². The Kier molecular flexibility index (Phi) is 6.19. The zero-order valence-corrected chi connectivity index (χ0v) is 19.5. The minimum absolute atomic E-state index is 0.104. The predicted molar refractivity (Wildman–Crippen MR) is 139 cm³/mol. The molecule has 36 heavy (non-hydrogen) atoms. The zero-order valence-electron chi connectivity index (χ0n) is 19.5. The smallest absolute Gasteiger partial charge is 0.337 e. The molecule has 0 atom stereocenters. The summed E-state index contributed by atoms with van der Waals surface area (Å²) in [5.41, 5.74) is 5.96. The lowest BCUT2D eigenvalue weighted by molar-refractivity contribution is 0.0600. The topological polar surface area (TPSA) is 92.9 Å². The number of carbonyl (C=O) groups excluding carboxylic acids is 2. The van der Waals surface area contributed by atoms with Crippen LogP contribution in [0.2, 0.25) is 0 Å². The van der Waals surface area contributed by atoms with Gasteiger partial charge in [0.15, 0.2) is 0 Å². The predicted octanol–water partition coefficient (Wildman–Crippen LogP) is 5.10. The number of aromatic nitrogens is 1. The number of para-hydroxylation sites is 1. The third-order valence-corrected chi connectivity index (χ3v) is 6.02. The van der Waals surface area contributed by atoms with Crippen molar-refractivity contribution in [2.75, 3.05) is 7.11 Å². The van der Waals surface area contributed by atoms with Gasteiger partial charge in [0.2, 0.25) is 0 Å². The fourth-order valence-electron chi connectivity index (χ4n) is 4.34. The van der Waals surface area contributed by atoms with Crippen LogP contribution in [0.5, 0.6) is 5.75 Å². The minimum atomic E-state index is -0.496. The van der Waals surface area contributed by atoms with Crippen molar-refractivity contribution in [3.05, 3.63) is 113 Å². The van der Waals surface area contributed by atoms with Crippen LogP contribution in [0.1, 0.15) is 31.8 Å². The van der Waals surface area contributed by atoms with E-state index in [1.807, 2.05) is 66.9 Å². The van der Waals surface area contributed by atoms with E-state index in [0.717, 1.165) is 27.4 Å². The fourth-order valence-corrected chi connectivity index (χ4v) is 4.34. The van der Waals surface area contributed by atoms with Crippen LogP contribution < -0.4 is 5.43 Å². The number of benzene rings is 4. The van der Waals surface area contributed by atoms with Gasteiger partial charge in [-0.3, -0.25) is 4.79 Å². The van der Waals surface area contributed by atoms with Gasteiger partial charge in [0.05, 0.1) is 24.5 Å². The molecule has 1 heterocycles. The summed E-state index contributed by atoms with van der Waals surface area (Å²) in [6.45, 7) is 0.537. The van der Waals surface area contributed by atoms with E-state index in [9.17, 15) is 14.7 Å². The Morgan fingerprint density at radius 3 is 2.58 bits per heavy atom. The average molecular weight is 478 g/mol. The van der Waals surface area contributed by atoms with Crippen molar-refractivity contribution >= 4 is 39.8 Å². The van der Waals surface area contributed by atoms with Gasteiger partial charge in [-0.25, -0.2) is 10.2 Å². The molecule has 1 aromatic heterocycles. The number of hydrogen-bond acceptors (Lipinski definition) is 5. The van der Waals surface area contributed by atoms with Crippen molar-refractivity contribution in [3.8, 4) is 5.75 Å². The van der Waals surface area contributed by atoms with Crippen molar-refractivity contribution in [3.63, 3.8) is 0 Å². The normalized spacial score (nSPS) is 11.2. The number of rotatable bonds is 6. The Hall–Kier alpha value is -4.91. The number of fused-ring (bicyclic) bond motifs is 2. The standard InChI is InChI=1S/C29H23N3O4/c1-36-29(35)21-9-6-7-19(15-21)17-32-18-22(23-10-4-5-12-25(23)32)16-30-31-28(34)27-24-11-3-2-8-20(24)13-14-26(27)33/h2-16,18,33H,17H2,1H3,(H,31,34). The molecule has 0 saturated heterocycles. The molecule has 5 aromatic rings. The molecule has 0 spiro atoms. The molecular formula is C29H23N3O4. The molecule has 0 bridgehead atoms. The van der Waals surface area contributed by atoms with Crippen molar-refractivity contribution in [2.45, 2.75) is 6.54 Å². The molecular weight excluding hydrogens is 454 g/mol. The highest BCUT2D eigenvalue weighted by molar-refractivity contribution is 6.09. The van der Waals surface area contributed by atoms with Crippen molar-refractivity contribution < 1.29 is 19.4 Å². The van der Waals surface area contributed by atoms with Gasteiger partial charge in [-0.15, -0.1) is 0 Å². The number of esters is 1. The monoisotopic (exact) mass is 477 g/mol. The minimum Gasteiger partial charge on any atom is -0.507 e. The first-order valence-corrected chi connectivity index (χ1v) is 11.3. The second-order valence-electron chi connectivity index (χ2n) is 8.30. The number of nitrogens with one attached hydrogen (secondary N) is 1. The lowest BCUT2D eigenvalue weighted by Crippen LogP contribution is -2.18. The van der Waals surface area contributed by atoms with E-state index >= 15 is 0 Å². The molecule has 1 amide bonds. The van der Waals surface area contributed by atoms with Crippen LogP contribution in [0.15, 0.2) is 96.2 Å². The quantitative estimate of drug-likeness (QED) is 0.202. The lowest BCUT2D eigenvalue weighted by Gasteiger charge is -2.07. The maximum atomic E-state index is 12.9. The van der Waals surface area contributed by atoms with Crippen molar-refractivity contribution in [2.24, 2.45) is 5.10 Å². The first kappa shape index (κ1) is 22.9. The van der Waals surface area contributed by atoms with E-state index < -0.39 is 5.91 Å². The maximum absolute atomic E-state index is 12.9. The molecule has 4 aromatic carbocycles. The first-order chi connectivity index (χ1) is 17.5. The number of aromatic hydroxyl groups is 1. The Morgan fingerprint density at radius 1 is 0.972 bits per heavy atom. The second kappa shape index (κ2) is 9.76. The Labute approximate surface area is 207 Å². The van der Waals surface area contributed by atoms with Crippen LogP contribution in [-0.2, 0) is 11.3 Å². The van der Waals surface area contributed by atoms with Gasteiger partial charge in [0.1, 0.15) is 5.75 Å². The number of amides is 1. The summed E-state index contributed by atoms with van der Waals surface area (Å²) >= 11 is 0. The summed E-state index contributed by atoms with van der Waals surface area (Å²) in [4.78, 5) is 24.8. The largest absolute Gasteiger partial charge is 0.507 e. The van der Waals surface area contributed by atoms with Crippen LogP contribution >= 0.6 is 0 Å². The molecule has 178 valence electrons. The summed E-state index contributed by atoms with van der Waals surface area (Å²) in [7, 11) is 1.36. The van der Waals surface area contributed by atoms with Crippen molar-refractivity contribution in [1.29, 1.82) is 0 Å². The number of hydrogen-bond donors (Lipinski definition) is 2. The van der Waals surface area contributed by atoms with Crippen LogP contribution in [-0.4, -0.2) is 34.9 Å². The van der Waals surface area contributed by atoms with Crippen LogP contribution in [0, 0.1) is 0 Å². The zero-order chi connectivity index (χ0) is 25.1. The molecule has 0 aliphatic rings. The molecule has 7 nitrogen and oxygen atoms in total. The number of hydrazone groups is 1. The molecule has 0 unspecified atom stereocenters. The van der Waals surface area contributed by atoms with Gasteiger partial charge in [0, 0.05) is 29.2 Å². The maximum Gasteiger partial charge on any atom is 0.337 e. The highest BCUT2D eigenvalue weighted by Gasteiger charge is 2.15. The van der Waals surface area contributed by atoms with E-state index in [2.05, 4.69) is 15.1 Å². The molecule has 0 radical (unpaired) electrons. The van der Waals surface area contributed by atoms with Gasteiger partial charge in [-0.05, 0) is 40.6 Å². The number of phenols is 1. The second-order valence-corrected chi connectivity index (χ2v) is 8.30. The first-order valence-electron chi connectivity index (χ1n) is 11.3. The molecule has 0 saturated carbocycles. The molecule has 5 rings (SSSR count).